The Balaban J connectivity index is 2.36. The zero-order valence-electron chi connectivity index (χ0n) is 11.0. The van der Waals surface area contributed by atoms with Crippen LogP contribution in [0, 0.1) is 0 Å². The molecule has 2 N–H and O–H groups in total. The normalized spacial score (nSPS) is 20.5. The van der Waals surface area contributed by atoms with Crippen molar-refractivity contribution in [2.75, 3.05) is 20.8 Å². The number of rotatable bonds is 4. The summed E-state index contributed by atoms with van der Waals surface area (Å²) in [7, 11) is -0.565. The summed E-state index contributed by atoms with van der Waals surface area (Å²) in [5.74, 6) is 1.20. The predicted octanol–water partition coefficient (Wildman–Crippen LogP) is 1.04. The van der Waals surface area contributed by atoms with E-state index in [1.165, 1.54) is 4.31 Å². The Labute approximate surface area is 113 Å². The monoisotopic (exact) mass is 286 g/mol. The number of hydrogen-bond acceptors (Lipinski definition) is 4. The van der Waals surface area contributed by atoms with Gasteiger partial charge in [0.1, 0.15) is 0 Å². The van der Waals surface area contributed by atoms with Crippen LogP contribution in [0.5, 0.6) is 11.5 Å². The molecule has 1 heterocycles. The molecule has 2 rings (SSSR count). The van der Waals surface area contributed by atoms with Gasteiger partial charge in [0, 0.05) is 6.54 Å². The van der Waals surface area contributed by atoms with E-state index in [1.807, 2.05) is 6.07 Å². The number of methoxy groups -OCH3 is 2. The third kappa shape index (κ3) is 2.83. The van der Waals surface area contributed by atoms with Crippen LogP contribution in [0.15, 0.2) is 18.2 Å². The van der Waals surface area contributed by atoms with Crippen LogP contribution >= 0.6 is 0 Å². The van der Waals surface area contributed by atoms with Gasteiger partial charge in [0.05, 0.1) is 20.3 Å². The van der Waals surface area contributed by atoms with Crippen LogP contribution in [0.25, 0.3) is 0 Å². The molecule has 0 amide bonds. The molecule has 106 valence electrons. The molecule has 19 heavy (non-hydrogen) atoms. The summed E-state index contributed by atoms with van der Waals surface area (Å²) in [4.78, 5) is 0. The highest BCUT2D eigenvalue weighted by atomic mass is 32.2. The second kappa shape index (κ2) is 5.36. The molecule has 6 nitrogen and oxygen atoms in total. The van der Waals surface area contributed by atoms with Gasteiger partial charge < -0.3 is 9.47 Å². The van der Waals surface area contributed by atoms with Crippen molar-refractivity contribution in [1.82, 2.24) is 4.31 Å². The van der Waals surface area contributed by atoms with E-state index in [-0.39, 0.29) is 6.04 Å². The van der Waals surface area contributed by atoms with E-state index < -0.39 is 10.2 Å². The van der Waals surface area contributed by atoms with Crippen LogP contribution in [0.3, 0.4) is 0 Å². The molecule has 0 bridgehead atoms. The standard InChI is InChI=1S/C12H18N2O4S/c1-17-11-6-5-9(8-12(11)18-2)10-4-3-7-14(10)19(13,15)16/h5-6,8,10H,3-4,7H2,1-2H3,(H2,13,15,16)/t10-/m1/s1. The van der Waals surface area contributed by atoms with E-state index in [0.717, 1.165) is 18.4 Å². The smallest absolute Gasteiger partial charge is 0.277 e. The Hall–Kier alpha value is -1.31. The van der Waals surface area contributed by atoms with E-state index in [1.54, 1.807) is 26.4 Å². The summed E-state index contributed by atoms with van der Waals surface area (Å²) in [5, 5.41) is 5.24. The van der Waals surface area contributed by atoms with Crippen LogP contribution in [-0.4, -0.2) is 33.5 Å². The highest BCUT2D eigenvalue weighted by Gasteiger charge is 2.33. The van der Waals surface area contributed by atoms with E-state index in [2.05, 4.69) is 0 Å². The van der Waals surface area contributed by atoms with E-state index >= 15 is 0 Å². The highest BCUT2D eigenvalue weighted by molar-refractivity contribution is 7.86. The van der Waals surface area contributed by atoms with Crippen LogP contribution in [-0.2, 0) is 10.2 Å². The second-order valence-electron chi connectivity index (χ2n) is 4.43. The van der Waals surface area contributed by atoms with Crippen molar-refractivity contribution in [3.05, 3.63) is 23.8 Å². The Morgan fingerprint density at radius 1 is 1.26 bits per heavy atom. The molecule has 0 aromatic heterocycles. The summed E-state index contributed by atoms with van der Waals surface area (Å²) < 4.78 is 34.8. The molecule has 1 atom stereocenters. The maximum Gasteiger partial charge on any atom is 0.277 e. The van der Waals surface area contributed by atoms with Gasteiger partial charge in [0.15, 0.2) is 11.5 Å². The van der Waals surface area contributed by atoms with E-state index in [9.17, 15) is 8.42 Å². The van der Waals surface area contributed by atoms with Gasteiger partial charge in [-0.1, -0.05) is 6.07 Å². The van der Waals surface area contributed by atoms with Gasteiger partial charge in [-0.15, -0.1) is 0 Å². The minimum Gasteiger partial charge on any atom is -0.493 e. The molecular formula is C12H18N2O4S. The largest absolute Gasteiger partial charge is 0.493 e. The third-order valence-corrected chi connectivity index (χ3v) is 4.41. The number of nitrogens with two attached hydrogens (primary N) is 1. The lowest BCUT2D eigenvalue weighted by Crippen LogP contribution is -2.36. The minimum atomic E-state index is -3.67. The fourth-order valence-electron chi connectivity index (χ4n) is 2.44. The first-order valence-corrected chi connectivity index (χ1v) is 7.49. The Bertz CT molecular complexity index is 559. The fraction of sp³-hybridized carbons (Fsp3) is 0.500. The van der Waals surface area contributed by atoms with E-state index in [4.69, 9.17) is 14.6 Å². The van der Waals surface area contributed by atoms with Crippen molar-refractivity contribution in [3.8, 4) is 11.5 Å². The van der Waals surface area contributed by atoms with Crippen molar-refractivity contribution in [1.29, 1.82) is 0 Å². The van der Waals surface area contributed by atoms with Gasteiger partial charge in [-0.25, -0.2) is 5.14 Å². The first-order valence-electron chi connectivity index (χ1n) is 5.99. The molecule has 0 saturated carbocycles. The molecule has 0 spiro atoms. The number of benzene rings is 1. The summed E-state index contributed by atoms with van der Waals surface area (Å²) in [6.07, 6.45) is 1.56. The molecule has 1 aromatic carbocycles. The molecule has 0 unspecified atom stereocenters. The first-order chi connectivity index (χ1) is 8.97. The molecule has 1 fully saturated rings. The van der Waals surface area contributed by atoms with Crippen molar-refractivity contribution in [2.45, 2.75) is 18.9 Å². The SMILES string of the molecule is COc1ccc([C@H]2CCCN2S(N)(=O)=O)cc1OC. The van der Waals surface area contributed by atoms with Crippen LogP contribution < -0.4 is 14.6 Å². The van der Waals surface area contributed by atoms with Crippen molar-refractivity contribution >= 4 is 10.2 Å². The maximum atomic E-state index is 11.5. The quantitative estimate of drug-likeness (QED) is 0.896. The van der Waals surface area contributed by atoms with Gasteiger partial charge in [-0.05, 0) is 30.5 Å². The third-order valence-electron chi connectivity index (χ3n) is 3.32. The molecule has 1 aliphatic heterocycles. The zero-order valence-corrected chi connectivity index (χ0v) is 11.8. The Kier molecular flexibility index (Phi) is 3.98. The summed E-state index contributed by atoms with van der Waals surface area (Å²) in [6, 6.07) is 5.19. The maximum absolute atomic E-state index is 11.5. The van der Waals surface area contributed by atoms with Crippen molar-refractivity contribution in [2.24, 2.45) is 5.14 Å². The molecule has 0 aliphatic carbocycles. The molecule has 7 heteroatoms. The lowest BCUT2D eigenvalue weighted by Gasteiger charge is -2.22. The van der Waals surface area contributed by atoms with Gasteiger partial charge in [-0.2, -0.15) is 12.7 Å². The molecular weight excluding hydrogens is 268 g/mol. The lowest BCUT2D eigenvalue weighted by molar-refractivity contribution is 0.351. The first kappa shape index (κ1) is 14.1. The number of ether oxygens (including phenoxy) is 2. The average Bonchev–Trinajstić information content (AvgIpc) is 2.87. The molecule has 1 aromatic rings. The summed E-state index contributed by atoms with van der Waals surface area (Å²) in [6.45, 7) is 0.456. The Morgan fingerprint density at radius 2 is 1.95 bits per heavy atom. The minimum absolute atomic E-state index is 0.227. The summed E-state index contributed by atoms with van der Waals surface area (Å²) >= 11 is 0. The summed E-state index contributed by atoms with van der Waals surface area (Å²) in [5.41, 5.74) is 0.865. The van der Waals surface area contributed by atoms with Gasteiger partial charge in [0.25, 0.3) is 10.2 Å². The fourth-order valence-corrected chi connectivity index (χ4v) is 3.40. The predicted molar refractivity (Wildman–Crippen MR) is 71.3 cm³/mol. The second-order valence-corrected chi connectivity index (χ2v) is 5.93. The average molecular weight is 286 g/mol. The van der Waals surface area contributed by atoms with Crippen LogP contribution in [0.1, 0.15) is 24.4 Å². The van der Waals surface area contributed by atoms with Gasteiger partial charge in [-0.3, -0.25) is 0 Å². The topological polar surface area (TPSA) is 81.9 Å². The highest BCUT2D eigenvalue weighted by Crippen LogP contribution is 2.37. The van der Waals surface area contributed by atoms with Crippen molar-refractivity contribution in [3.63, 3.8) is 0 Å². The van der Waals surface area contributed by atoms with Gasteiger partial charge in [0.2, 0.25) is 0 Å². The van der Waals surface area contributed by atoms with E-state index in [0.29, 0.717) is 18.0 Å². The zero-order chi connectivity index (χ0) is 14.0. The molecule has 0 radical (unpaired) electrons. The van der Waals surface area contributed by atoms with Crippen molar-refractivity contribution < 1.29 is 17.9 Å². The van der Waals surface area contributed by atoms with Gasteiger partial charge >= 0.3 is 0 Å². The molecule has 1 aliphatic rings. The number of hydrogen-bond donors (Lipinski definition) is 1. The molecule has 1 saturated heterocycles. The van der Waals surface area contributed by atoms with Crippen LogP contribution in [0.4, 0.5) is 0 Å². The lowest BCUT2D eigenvalue weighted by atomic mass is 10.0. The number of nitrogens with zero attached hydrogens (tertiary/aromatic N) is 1. The Morgan fingerprint density at radius 3 is 2.53 bits per heavy atom. The van der Waals surface area contributed by atoms with Crippen LogP contribution in [0.2, 0.25) is 0 Å².